The SMILES string of the molecule is CC1(O)CCN(CCC(N)c2cc(F)cc(F)c2)CC1. The third-order valence-corrected chi connectivity index (χ3v) is 4.00. The summed E-state index contributed by atoms with van der Waals surface area (Å²) in [4.78, 5) is 2.23. The summed E-state index contributed by atoms with van der Waals surface area (Å²) >= 11 is 0. The zero-order valence-electron chi connectivity index (χ0n) is 11.8. The van der Waals surface area contributed by atoms with Crippen LogP contribution in [0.25, 0.3) is 0 Å². The number of hydrogen-bond acceptors (Lipinski definition) is 3. The van der Waals surface area contributed by atoms with Crippen LogP contribution in [0.4, 0.5) is 8.78 Å². The Balaban J connectivity index is 1.85. The zero-order chi connectivity index (χ0) is 14.8. The number of likely N-dealkylation sites (tertiary alicyclic amines) is 1. The van der Waals surface area contributed by atoms with Gasteiger partial charge in [-0.25, -0.2) is 8.78 Å². The Labute approximate surface area is 118 Å². The number of piperidine rings is 1. The molecule has 1 saturated heterocycles. The molecule has 0 spiro atoms. The summed E-state index contributed by atoms with van der Waals surface area (Å²) in [6.45, 7) is 4.29. The van der Waals surface area contributed by atoms with Crippen molar-refractivity contribution in [2.24, 2.45) is 5.73 Å². The van der Waals surface area contributed by atoms with Crippen LogP contribution in [-0.2, 0) is 0 Å². The maximum atomic E-state index is 13.1. The van der Waals surface area contributed by atoms with Crippen LogP contribution in [0.2, 0.25) is 0 Å². The molecule has 1 heterocycles. The highest BCUT2D eigenvalue weighted by molar-refractivity contribution is 5.21. The normalized spacial score (nSPS) is 20.9. The van der Waals surface area contributed by atoms with E-state index in [0.29, 0.717) is 12.0 Å². The first-order valence-corrected chi connectivity index (χ1v) is 7.02. The molecular formula is C15H22F2N2O. The molecule has 0 aromatic heterocycles. The molecule has 0 aliphatic carbocycles. The Kier molecular flexibility index (Phi) is 4.73. The average molecular weight is 284 g/mol. The highest BCUT2D eigenvalue weighted by Gasteiger charge is 2.27. The number of aliphatic hydroxyl groups is 1. The van der Waals surface area contributed by atoms with E-state index in [1.807, 2.05) is 6.92 Å². The standard InChI is InChI=1S/C15H22F2N2O/c1-15(20)3-6-19(7-4-15)5-2-14(18)11-8-12(16)10-13(17)9-11/h8-10,14,20H,2-7,18H2,1H3. The van der Waals surface area contributed by atoms with Gasteiger partial charge in [0.2, 0.25) is 0 Å². The molecule has 1 aliphatic rings. The Morgan fingerprint density at radius 3 is 2.35 bits per heavy atom. The third kappa shape index (κ3) is 4.23. The maximum Gasteiger partial charge on any atom is 0.126 e. The van der Waals surface area contributed by atoms with E-state index in [1.54, 1.807) is 0 Å². The first-order chi connectivity index (χ1) is 9.35. The molecule has 1 aromatic rings. The minimum atomic E-state index is -0.593. The fraction of sp³-hybridized carbons (Fsp3) is 0.600. The zero-order valence-corrected chi connectivity index (χ0v) is 11.8. The van der Waals surface area contributed by atoms with Crippen molar-refractivity contribution in [3.8, 4) is 0 Å². The molecule has 1 aliphatic heterocycles. The van der Waals surface area contributed by atoms with Gasteiger partial charge in [0.05, 0.1) is 5.60 Å². The molecule has 1 atom stereocenters. The van der Waals surface area contributed by atoms with Gasteiger partial charge in [0.15, 0.2) is 0 Å². The summed E-state index contributed by atoms with van der Waals surface area (Å²) in [7, 11) is 0. The maximum absolute atomic E-state index is 13.1. The third-order valence-electron chi connectivity index (χ3n) is 4.00. The Bertz CT molecular complexity index is 435. The van der Waals surface area contributed by atoms with Gasteiger partial charge >= 0.3 is 0 Å². The number of nitrogens with two attached hydrogens (primary N) is 1. The van der Waals surface area contributed by atoms with Crippen molar-refractivity contribution >= 4 is 0 Å². The second-order valence-corrected chi connectivity index (χ2v) is 5.94. The van der Waals surface area contributed by atoms with Gasteiger partial charge < -0.3 is 15.7 Å². The molecule has 0 saturated carbocycles. The molecule has 112 valence electrons. The predicted molar refractivity (Wildman–Crippen MR) is 74.2 cm³/mol. The van der Waals surface area contributed by atoms with Gasteiger partial charge in [0, 0.05) is 25.2 Å². The lowest BCUT2D eigenvalue weighted by molar-refractivity contribution is -0.00576. The summed E-state index contributed by atoms with van der Waals surface area (Å²) in [6.07, 6.45) is 2.14. The van der Waals surface area contributed by atoms with Gasteiger partial charge in [-0.3, -0.25) is 0 Å². The fourth-order valence-electron chi connectivity index (χ4n) is 2.54. The van der Waals surface area contributed by atoms with Crippen LogP contribution >= 0.6 is 0 Å². The summed E-state index contributed by atoms with van der Waals surface area (Å²) in [5.41, 5.74) is 5.92. The van der Waals surface area contributed by atoms with Crippen molar-refractivity contribution in [2.75, 3.05) is 19.6 Å². The quantitative estimate of drug-likeness (QED) is 0.891. The predicted octanol–water partition coefficient (Wildman–Crippen LogP) is 2.20. The molecule has 20 heavy (non-hydrogen) atoms. The summed E-state index contributed by atoms with van der Waals surface area (Å²) in [5.74, 6) is -1.19. The van der Waals surface area contributed by atoms with Crippen LogP contribution in [0.5, 0.6) is 0 Å². The number of rotatable bonds is 4. The minimum absolute atomic E-state index is 0.373. The lowest BCUT2D eigenvalue weighted by atomic mass is 9.93. The van der Waals surface area contributed by atoms with E-state index in [1.165, 1.54) is 12.1 Å². The van der Waals surface area contributed by atoms with Crippen molar-refractivity contribution in [2.45, 2.75) is 37.8 Å². The van der Waals surface area contributed by atoms with Crippen molar-refractivity contribution in [1.29, 1.82) is 0 Å². The van der Waals surface area contributed by atoms with Crippen molar-refractivity contribution in [3.63, 3.8) is 0 Å². The van der Waals surface area contributed by atoms with E-state index in [-0.39, 0.29) is 6.04 Å². The Morgan fingerprint density at radius 2 is 1.80 bits per heavy atom. The lowest BCUT2D eigenvalue weighted by Gasteiger charge is -2.36. The van der Waals surface area contributed by atoms with Gasteiger partial charge in [0.1, 0.15) is 11.6 Å². The van der Waals surface area contributed by atoms with E-state index in [9.17, 15) is 13.9 Å². The van der Waals surface area contributed by atoms with Gasteiger partial charge in [-0.05, 0) is 50.4 Å². The van der Waals surface area contributed by atoms with Crippen LogP contribution in [0.3, 0.4) is 0 Å². The summed E-state index contributed by atoms with van der Waals surface area (Å²) < 4.78 is 26.3. The molecule has 0 radical (unpaired) electrons. The highest BCUT2D eigenvalue weighted by atomic mass is 19.1. The topological polar surface area (TPSA) is 49.5 Å². The van der Waals surface area contributed by atoms with Crippen molar-refractivity contribution < 1.29 is 13.9 Å². The first-order valence-electron chi connectivity index (χ1n) is 7.02. The lowest BCUT2D eigenvalue weighted by Crippen LogP contribution is -2.43. The molecule has 1 fully saturated rings. The van der Waals surface area contributed by atoms with Gasteiger partial charge in [-0.15, -0.1) is 0 Å². The Hall–Kier alpha value is -1.04. The van der Waals surface area contributed by atoms with Crippen LogP contribution in [0, 0.1) is 11.6 Å². The van der Waals surface area contributed by atoms with Crippen molar-refractivity contribution in [3.05, 3.63) is 35.4 Å². The molecule has 0 bridgehead atoms. The molecule has 5 heteroatoms. The van der Waals surface area contributed by atoms with E-state index in [2.05, 4.69) is 4.90 Å². The summed E-state index contributed by atoms with van der Waals surface area (Å²) in [6, 6.07) is 3.05. The molecule has 3 N–H and O–H groups in total. The number of halogens is 2. The van der Waals surface area contributed by atoms with Gasteiger partial charge in [-0.1, -0.05) is 0 Å². The summed E-state index contributed by atoms with van der Waals surface area (Å²) in [5, 5.41) is 9.87. The van der Waals surface area contributed by atoms with E-state index in [0.717, 1.165) is 38.5 Å². The Morgan fingerprint density at radius 1 is 1.25 bits per heavy atom. The van der Waals surface area contributed by atoms with E-state index in [4.69, 9.17) is 5.73 Å². The number of nitrogens with zero attached hydrogens (tertiary/aromatic N) is 1. The molecular weight excluding hydrogens is 262 g/mol. The molecule has 1 unspecified atom stereocenters. The highest BCUT2D eigenvalue weighted by Crippen LogP contribution is 2.23. The van der Waals surface area contributed by atoms with Crippen LogP contribution < -0.4 is 5.73 Å². The molecule has 3 nitrogen and oxygen atoms in total. The monoisotopic (exact) mass is 284 g/mol. The smallest absolute Gasteiger partial charge is 0.126 e. The van der Waals surface area contributed by atoms with Crippen LogP contribution in [-0.4, -0.2) is 35.2 Å². The van der Waals surface area contributed by atoms with E-state index >= 15 is 0 Å². The molecule has 1 aromatic carbocycles. The van der Waals surface area contributed by atoms with Gasteiger partial charge in [-0.2, -0.15) is 0 Å². The second kappa shape index (κ2) is 6.16. The van der Waals surface area contributed by atoms with E-state index < -0.39 is 17.2 Å². The van der Waals surface area contributed by atoms with Gasteiger partial charge in [0.25, 0.3) is 0 Å². The van der Waals surface area contributed by atoms with Crippen molar-refractivity contribution in [1.82, 2.24) is 4.90 Å². The number of hydrogen-bond donors (Lipinski definition) is 2. The number of benzene rings is 1. The molecule has 2 rings (SSSR count). The molecule has 0 amide bonds. The second-order valence-electron chi connectivity index (χ2n) is 5.94. The van der Waals surface area contributed by atoms with Crippen LogP contribution in [0.15, 0.2) is 18.2 Å². The van der Waals surface area contributed by atoms with Crippen LogP contribution in [0.1, 0.15) is 37.8 Å². The average Bonchev–Trinajstić information content (AvgIpc) is 2.36. The fourth-order valence-corrected chi connectivity index (χ4v) is 2.54. The minimum Gasteiger partial charge on any atom is -0.390 e. The largest absolute Gasteiger partial charge is 0.390 e. The first kappa shape index (κ1) is 15.4.